The van der Waals surface area contributed by atoms with Crippen molar-refractivity contribution in [2.24, 2.45) is 0 Å². The highest BCUT2D eigenvalue weighted by atomic mass is 35.5. The van der Waals surface area contributed by atoms with Crippen LogP contribution in [0.1, 0.15) is 23.0 Å². The molecule has 3 aromatic rings. The fourth-order valence-electron chi connectivity index (χ4n) is 2.56. The number of carbonyl (C=O) groups is 1. The summed E-state index contributed by atoms with van der Waals surface area (Å²) in [4.78, 5) is 11.9. The summed E-state index contributed by atoms with van der Waals surface area (Å²) in [7, 11) is -3.60. The first-order valence-corrected chi connectivity index (χ1v) is 10.2. The zero-order valence-corrected chi connectivity index (χ0v) is 16.1. The van der Waals surface area contributed by atoms with E-state index >= 15 is 0 Å². The minimum Gasteiger partial charge on any atom is -0.460 e. The summed E-state index contributed by atoms with van der Waals surface area (Å²) in [5.41, 5.74) is 1.43. The molecule has 0 unspecified atom stereocenters. The second-order valence-electron chi connectivity index (χ2n) is 5.80. The molecule has 3 rings (SSSR count). The van der Waals surface area contributed by atoms with Gasteiger partial charge in [-0.3, -0.25) is 0 Å². The number of hydrogen-bond acceptors (Lipinski definition) is 5. The second kappa shape index (κ2) is 8.12. The molecule has 0 spiro atoms. The Morgan fingerprint density at radius 2 is 1.89 bits per heavy atom. The number of halogens is 1. The first-order valence-electron chi connectivity index (χ1n) is 8.34. The van der Waals surface area contributed by atoms with Crippen LogP contribution in [-0.2, 0) is 21.2 Å². The molecule has 0 aliphatic carbocycles. The van der Waals surface area contributed by atoms with E-state index in [2.05, 4.69) is 4.72 Å². The molecule has 8 heteroatoms. The SMILES string of the molecule is CCOC(=O)c1cc2ccc(CCNS(=O)(=O)c3ccc(Cl)cc3)cc2o1. The highest BCUT2D eigenvalue weighted by molar-refractivity contribution is 7.89. The van der Waals surface area contributed by atoms with E-state index in [0.29, 0.717) is 17.0 Å². The lowest BCUT2D eigenvalue weighted by molar-refractivity contribution is 0.0492. The summed E-state index contributed by atoms with van der Waals surface area (Å²) in [5.74, 6) is -0.363. The van der Waals surface area contributed by atoms with Gasteiger partial charge in [-0.25, -0.2) is 17.9 Å². The monoisotopic (exact) mass is 407 g/mol. The van der Waals surface area contributed by atoms with E-state index in [0.717, 1.165) is 10.9 Å². The molecule has 1 heterocycles. The van der Waals surface area contributed by atoms with Gasteiger partial charge in [-0.05, 0) is 55.3 Å². The number of sulfonamides is 1. The van der Waals surface area contributed by atoms with Crippen molar-refractivity contribution < 1.29 is 22.4 Å². The summed E-state index contributed by atoms with van der Waals surface area (Å²) in [6, 6.07) is 13.1. The number of ether oxygens (including phenoxy) is 1. The maximum Gasteiger partial charge on any atom is 0.374 e. The molecule has 0 fully saturated rings. The highest BCUT2D eigenvalue weighted by Gasteiger charge is 2.15. The Balaban J connectivity index is 1.66. The number of nitrogens with one attached hydrogen (secondary N) is 1. The quantitative estimate of drug-likeness (QED) is 0.602. The van der Waals surface area contributed by atoms with Gasteiger partial charge < -0.3 is 9.15 Å². The number of carbonyl (C=O) groups excluding carboxylic acids is 1. The van der Waals surface area contributed by atoms with Gasteiger partial charge in [0, 0.05) is 17.0 Å². The van der Waals surface area contributed by atoms with Gasteiger partial charge in [0.05, 0.1) is 11.5 Å². The van der Waals surface area contributed by atoms with E-state index in [1.54, 1.807) is 19.1 Å². The van der Waals surface area contributed by atoms with Gasteiger partial charge in [0.15, 0.2) is 0 Å². The molecule has 0 saturated carbocycles. The van der Waals surface area contributed by atoms with Gasteiger partial charge in [-0.15, -0.1) is 0 Å². The smallest absolute Gasteiger partial charge is 0.374 e. The van der Waals surface area contributed by atoms with Crippen LogP contribution < -0.4 is 4.72 Å². The molecular weight excluding hydrogens is 390 g/mol. The molecule has 0 radical (unpaired) electrons. The van der Waals surface area contributed by atoms with Gasteiger partial charge in [0.1, 0.15) is 5.58 Å². The minimum absolute atomic E-state index is 0.146. The number of rotatable bonds is 7. The van der Waals surface area contributed by atoms with Crippen LogP contribution in [0.25, 0.3) is 11.0 Å². The average Bonchev–Trinajstić information content (AvgIpc) is 3.06. The zero-order valence-electron chi connectivity index (χ0n) is 14.6. The number of fused-ring (bicyclic) bond motifs is 1. The molecule has 0 bridgehead atoms. The molecule has 1 N–H and O–H groups in total. The van der Waals surface area contributed by atoms with Gasteiger partial charge in [0.25, 0.3) is 0 Å². The lowest BCUT2D eigenvalue weighted by Crippen LogP contribution is -2.25. The van der Waals surface area contributed by atoms with E-state index in [4.69, 9.17) is 20.8 Å². The fourth-order valence-corrected chi connectivity index (χ4v) is 3.72. The van der Waals surface area contributed by atoms with Crippen LogP contribution in [-0.4, -0.2) is 27.5 Å². The number of esters is 1. The van der Waals surface area contributed by atoms with Crippen LogP contribution >= 0.6 is 11.6 Å². The van der Waals surface area contributed by atoms with Crippen molar-refractivity contribution in [3.8, 4) is 0 Å². The standard InChI is InChI=1S/C19H18ClNO5S/c1-2-25-19(22)18-12-14-4-3-13(11-17(14)26-18)9-10-21-27(23,24)16-7-5-15(20)6-8-16/h3-8,11-12,21H,2,9-10H2,1H3. The van der Waals surface area contributed by atoms with Crippen molar-refractivity contribution in [3.63, 3.8) is 0 Å². The number of benzene rings is 2. The molecule has 1 aromatic heterocycles. The van der Waals surface area contributed by atoms with Crippen molar-refractivity contribution in [2.75, 3.05) is 13.2 Å². The average molecular weight is 408 g/mol. The Hall–Kier alpha value is -2.35. The van der Waals surface area contributed by atoms with Crippen LogP contribution in [0.15, 0.2) is 57.8 Å². The predicted octanol–water partition coefficient (Wildman–Crippen LogP) is 3.78. The highest BCUT2D eigenvalue weighted by Crippen LogP contribution is 2.22. The molecule has 2 aromatic carbocycles. The van der Waals surface area contributed by atoms with Crippen molar-refractivity contribution in [1.82, 2.24) is 4.72 Å². The van der Waals surface area contributed by atoms with Crippen molar-refractivity contribution in [2.45, 2.75) is 18.2 Å². The van der Waals surface area contributed by atoms with Crippen molar-refractivity contribution >= 4 is 38.6 Å². The van der Waals surface area contributed by atoms with E-state index in [1.165, 1.54) is 24.3 Å². The Morgan fingerprint density at radius 3 is 2.59 bits per heavy atom. The lowest BCUT2D eigenvalue weighted by Gasteiger charge is -2.07. The van der Waals surface area contributed by atoms with E-state index in [-0.39, 0.29) is 23.8 Å². The second-order valence-corrected chi connectivity index (χ2v) is 8.01. The Morgan fingerprint density at radius 1 is 1.15 bits per heavy atom. The molecule has 0 aliphatic heterocycles. The van der Waals surface area contributed by atoms with Crippen LogP contribution in [0.5, 0.6) is 0 Å². The molecule has 0 aliphatic rings. The Bertz CT molecular complexity index is 1060. The minimum atomic E-state index is -3.60. The summed E-state index contributed by atoms with van der Waals surface area (Å²) in [5, 5.41) is 1.26. The molecule has 142 valence electrons. The van der Waals surface area contributed by atoms with Gasteiger partial charge in [-0.1, -0.05) is 23.7 Å². The number of furan rings is 1. The first-order chi connectivity index (χ1) is 12.9. The van der Waals surface area contributed by atoms with Crippen LogP contribution in [0, 0.1) is 0 Å². The van der Waals surface area contributed by atoms with Crippen molar-refractivity contribution in [3.05, 3.63) is 64.9 Å². The normalized spacial score (nSPS) is 11.6. The summed E-state index contributed by atoms with van der Waals surface area (Å²) in [6.45, 7) is 2.22. The third kappa shape index (κ3) is 4.68. The molecule has 0 saturated heterocycles. The molecule has 0 amide bonds. The molecule has 27 heavy (non-hydrogen) atoms. The first kappa shape index (κ1) is 19.4. The third-order valence-electron chi connectivity index (χ3n) is 3.89. The Kier molecular flexibility index (Phi) is 5.84. The summed E-state index contributed by atoms with van der Waals surface area (Å²) in [6.07, 6.45) is 0.470. The van der Waals surface area contributed by atoms with Gasteiger partial charge in [0.2, 0.25) is 15.8 Å². The van der Waals surface area contributed by atoms with E-state index in [9.17, 15) is 13.2 Å². The summed E-state index contributed by atoms with van der Waals surface area (Å²) < 4.78 is 37.5. The zero-order chi connectivity index (χ0) is 19.4. The molecule has 6 nitrogen and oxygen atoms in total. The maximum atomic E-state index is 12.3. The largest absolute Gasteiger partial charge is 0.460 e. The molecule has 0 atom stereocenters. The predicted molar refractivity (Wildman–Crippen MR) is 103 cm³/mol. The van der Waals surface area contributed by atoms with Crippen LogP contribution in [0.2, 0.25) is 5.02 Å². The van der Waals surface area contributed by atoms with Gasteiger partial charge in [-0.2, -0.15) is 0 Å². The topological polar surface area (TPSA) is 85.6 Å². The lowest BCUT2D eigenvalue weighted by atomic mass is 10.1. The van der Waals surface area contributed by atoms with E-state index in [1.807, 2.05) is 12.1 Å². The third-order valence-corrected chi connectivity index (χ3v) is 5.62. The molecular formula is C19H18ClNO5S. The van der Waals surface area contributed by atoms with Crippen molar-refractivity contribution in [1.29, 1.82) is 0 Å². The van der Waals surface area contributed by atoms with Crippen LogP contribution in [0.4, 0.5) is 0 Å². The van der Waals surface area contributed by atoms with Gasteiger partial charge >= 0.3 is 5.97 Å². The summed E-state index contributed by atoms with van der Waals surface area (Å²) >= 11 is 5.78. The Labute approximate surface area is 162 Å². The fraction of sp³-hybridized carbons (Fsp3) is 0.211. The van der Waals surface area contributed by atoms with Crippen LogP contribution in [0.3, 0.4) is 0 Å². The number of hydrogen-bond donors (Lipinski definition) is 1. The van der Waals surface area contributed by atoms with E-state index < -0.39 is 16.0 Å². The maximum absolute atomic E-state index is 12.3.